The number of rotatable bonds is 5. The van der Waals surface area contributed by atoms with Gasteiger partial charge in [0.15, 0.2) is 23.1 Å². The Hall–Kier alpha value is -2.32. The van der Waals surface area contributed by atoms with E-state index < -0.39 is 5.92 Å². The lowest BCUT2D eigenvalue weighted by Gasteiger charge is -2.44. The van der Waals surface area contributed by atoms with Crippen LogP contribution in [-0.4, -0.2) is 18.7 Å². The fourth-order valence-electron chi connectivity index (χ4n) is 6.00. The first-order chi connectivity index (χ1) is 17.9. The SMILES string of the molecule is COc1cc(C2C3=C(CC(C)(C)CC3=O)NC3=C2C(=O)CC(C)(C)C3)cc(I)c1OCc1ccc(Cl)cc1. The van der Waals surface area contributed by atoms with Crippen molar-refractivity contribution >= 4 is 45.8 Å². The highest BCUT2D eigenvalue weighted by Gasteiger charge is 2.46. The van der Waals surface area contributed by atoms with Gasteiger partial charge in [0.2, 0.25) is 0 Å². The Morgan fingerprint density at radius 1 is 0.921 bits per heavy atom. The molecule has 2 aromatic carbocycles. The monoisotopic (exact) mass is 645 g/mol. The first-order valence-corrected chi connectivity index (χ1v) is 14.4. The topological polar surface area (TPSA) is 64.6 Å². The largest absolute Gasteiger partial charge is 0.493 e. The second kappa shape index (κ2) is 10.0. The number of allylic oxidation sites excluding steroid dienone is 4. The molecule has 5 rings (SSSR count). The predicted molar refractivity (Wildman–Crippen MR) is 157 cm³/mol. The zero-order valence-corrected chi connectivity index (χ0v) is 25.4. The molecule has 38 heavy (non-hydrogen) atoms. The average Bonchev–Trinajstić information content (AvgIpc) is 2.81. The van der Waals surface area contributed by atoms with Crippen LogP contribution in [0.25, 0.3) is 0 Å². The van der Waals surface area contributed by atoms with Crippen molar-refractivity contribution in [3.63, 3.8) is 0 Å². The zero-order chi connectivity index (χ0) is 27.4. The predicted octanol–water partition coefficient (Wildman–Crippen LogP) is 7.51. The third kappa shape index (κ3) is 5.26. The van der Waals surface area contributed by atoms with Crippen molar-refractivity contribution in [3.05, 3.63) is 78.7 Å². The minimum atomic E-state index is -0.416. The van der Waals surface area contributed by atoms with E-state index >= 15 is 0 Å². The van der Waals surface area contributed by atoms with Gasteiger partial charge >= 0.3 is 0 Å². The summed E-state index contributed by atoms with van der Waals surface area (Å²) in [7, 11) is 1.62. The fraction of sp³-hybridized carbons (Fsp3) is 0.419. The van der Waals surface area contributed by atoms with Crippen LogP contribution in [0.15, 0.2) is 58.9 Å². The average molecular weight is 646 g/mol. The summed E-state index contributed by atoms with van der Waals surface area (Å²) in [5, 5.41) is 4.25. The van der Waals surface area contributed by atoms with Gasteiger partial charge in [-0.1, -0.05) is 51.4 Å². The van der Waals surface area contributed by atoms with Gasteiger partial charge in [0.25, 0.3) is 0 Å². The van der Waals surface area contributed by atoms with Crippen LogP contribution in [0.1, 0.15) is 70.4 Å². The molecule has 2 aliphatic carbocycles. The van der Waals surface area contributed by atoms with Crippen LogP contribution in [0, 0.1) is 14.4 Å². The van der Waals surface area contributed by atoms with Crippen molar-refractivity contribution in [2.45, 2.75) is 65.9 Å². The van der Waals surface area contributed by atoms with Crippen molar-refractivity contribution < 1.29 is 19.1 Å². The molecule has 5 nitrogen and oxygen atoms in total. The zero-order valence-electron chi connectivity index (χ0n) is 22.5. The minimum absolute atomic E-state index is 0.106. The Morgan fingerprint density at radius 2 is 1.47 bits per heavy atom. The lowest BCUT2D eigenvalue weighted by atomic mass is 9.64. The van der Waals surface area contributed by atoms with E-state index in [4.69, 9.17) is 21.1 Å². The van der Waals surface area contributed by atoms with Crippen LogP contribution in [0.4, 0.5) is 0 Å². The molecule has 0 radical (unpaired) electrons. The third-order valence-electron chi connectivity index (χ3n) is 7.60. The molecule has 1 aliphatic heterocycles. The summed E-state index contributed by atoms with van der Waals surface area (Å²) in [5.74, 6) is 1.01. The van der Waals surface area contributed by atoms with E-state index in [1.807, 2.05) is 36.4 Å². The molecule has 0 unspecified atom stereocenters. The Bertz CT molecular complexity index is 1340. The first-order valence-electron chi connectivity index (χ1n) is 12.9. The summed E-state index contributed by atoms with van der Waals surface area (Å²) in [6, 6.07) is 11.5. The summed E-state index contributed by atoms with van der Waals surface area (Å²) < 4.78 is 12.8. The highest BCUT2D eigenvalue weighted by atomic mass is 127. The van der Waals surface area contributed by atoms with Crippen molar-refractivity contribution in [1.29, 1.82) is 0 Å². The standard InChI is InChI=1S/C31H33ClINO4/c1-30(2)12-21-27(23(35)14-30)26(28-22(34-21)13-31(3,4)15-24(28)36)18-10-20(33)29(25(11-18)37-5)38-16-17-6-8-19(32)9-7-17/h6-11,26,34H,12-16H2,1-5H3. The smallest absolute Gasteiger partial charge is 0.174 e. The quantitative estimate of drug-likeness (QED) is 0.341. The maximum atomic E-state index is 13.6. The summed E-state index contributed by atoms with van der Waals surface area (Å²) in [6.45, 7) is 8.88. The first kappa shape index (κ1) is 27.3. The number of methoxy groups -OCH3 is 1. The molecule has 0 fully saturated rings. The number of halogens is 2. The number of dihydropyridines is 1. The van der Waals surface area contributed by atoms with Gasteiger partial charge in [0.05, 0.1) is 10.7 Å². The Morgan fingerprint density at radius 3 is 2.00 bits per heavy atom. The molecule has 0 aromatic heterocycles. The molecule has 0 amide bonds. The molecule has 0 saturated carbocycles. The van der Waals surface area contributed by atoms with Crippen molar-refractivity contribution in [2.24, 2.45) is 10.8 Å². The molecule has 2 aromatic rings. The number of ketones is 2. The molecule has 1 heterocycles. The van der Waals surface area contributed by atoms with Gasteiger partial charge < -0.3 is 14.8 Å². The number of carbonyl (C=O) groups is 2. The lowest BCUT2D eigenvalue weighted by molar-refractivity contribution is -0.119. The Labute approximate surface area is 243 Å². The lowest BCUT2D eigenvalue weighted by Crippen LogP contribution is -2.42. The number of carbonyl (C=O) groups excluding carboxylic acids is 2. The van der Waals surface area contributed by atoms with Crippen LogP contribution in [0.2, 0.25) is 5.02 Å². The normalized spacial score (nSPS) is 20.6. The Balaban J connectivity index is 1.59. The molecular formula is C31H33ClINO4. The molecule has 1 N–H and O–H groups in total. The minimum Gasteiger partial charge on any atom is -0.493 e. The fourth-order valence-corrected chi connectivity index (χ4v) is 6.91. The number of hydrogen-bond acceptors (Lipinski definition) is 5. The number of benzene rings is 2. The van der Waals surface area contributed by atoms with E-state index in [-0.39, 0.29) is 22.4 Å². The highest BCUT2D eigenvalue weighted by molar-refractivity contribution is 14.1. The molecule has 0 spiro atoms. The summed E-state index contributed by atoms with van der Waals surface area (Å²) in [5.41, 5.74) is 4.97. The van der Waals surface area contributed by atoms with E-state index in [9.17, 15) is 9.59 Å². The number of Topliss-reactive ketones (excluding diaryl/α,β-unsaturated/α-hetero) is 2. The van der Waals surface area contributed by atoms with Crippen LogP contribution < -0.4 is 14.8 Å². The molecular weight excluding hydrogens is 613 g/mol. The molecule has 200 valence electrons. The van der Waals surface area contributed by atoms with Gasteiger partial charge in [-0.2, -0.15) is 0 Å². The van der Waals surface area contributed by atoms with E-state index in [0.717, 1.165) is 50.1 Å². The molecule has 3 aliphatic rings. The van der Waals surface area contributed by atoms with Gasteiger partial charge in [-0.15, -0.1) is 0 Å². The number of ether oxygens (including phenoxy) is 2. The van der Waals surface area contributed by atoms with Gasteiger partial charge in [0, 0.05) is 46.3 Å². The van der Waals surface area contributed by atoms with Crippen LogP contribution >= 0.6 is 34.2 Å². The maximum Gasteiger partial charge on any atom is 0.174 e. The van der Waals surface area contributed by atoms with Gasteiger partial charge in [-0.25, -0.2) is 0 Å². The molecule has 0 saturated heterocycles. The van der Waals surface area contributed by atoms with Crippen LogP contribution in [-0.2, 0) is 16.2 Å². The van der Waals surface area contributed by atoms with E-state index in [0.29, 0.717) is 36.0 Å². The van der Waals surface area contributed by atoms with Gasteiger partial charge in [-0.3, -0.25) is 9.59 Å². The van der Waals surface area contributed by atoms with Crippen molar-refractivity contribution in [2.75, 3.05) is 7.11 Å². The summed E-state index contributed by atoms with van der Waals surface area (Å²) in [4.78, 5) is 27.3. The van der Waals surface area contributed by atoms with Crippen LogP contribution in [0.5, 0.6) is 11.5 Å². The third-order valence-corrected chi connectivity index (χ3v) is 8.65. The second-order valence-electron chi connectivity index (χ2n) is 12.2. The number of nitrogens with one attached hydrogen (secondary N) is 1. The maximum absolute atomic E-state index is 13.6. The molecule has 7 heteroatoms. The number of hydrogen-bond donors (Lipinski definition) is 1. The summed E-state index contributed by atoms with van der Waals surface area (Å²) in [6.07, 6.45) is 2.46. The van der Waals surface area contributed by atoms with Crippen molar-refractivity contribution in [1.82, 2.24) is 5.32 Å². The van der Waals surface area contributed by atoms with Gasteiger partial charge in [-0.05, 0) is 81.7 Å². The van der Waals surface area contributed by atoms with E-state index in [2.05, 4.69) is 55.6 Å². The summed E-state index contributed by atoms with van der Waals surface area (Å²) >= 11 is 8.27. The molecule has 0 bridgehead atoms. The van der Waals surface area contributed by atoms with Crippen LogP contribution in [0.3, 0.4) is 0 Å². The Kier molecular flexibility index (Phi) is 7.18. The molecule has 0 atom stereocenters. The second-order valence-corrected chi connectivity index (χ2v) is 13.8. The van der Waals surface area contributed by atoms with E-state index in [1.165, 1.54) is 0 Å². The van der Waals surface area contributed by atoms with E-state index in [1.54, 1.807) is 7.11 Å². The van der Waals surface area contributed by atoms with Crippen molar-refractivity contribution in [3.8, 4) is 11.5 Å². The highest BCUT2D eigenvalue weighted by Crippen LogP contribution is 2.52. The van der Waals surface area contributed by atoms with Gasteiger partial charge in [0.1, 0.15) is 6.61 Å².